The molecule has 0 saturated heterocycles. The van der Waals surface area contributed by atoms with Crippen molar-refractivity contribution >= 4 is 16.9 Å². The van der Waals surface area contributed by atoms with Crippen LogP contribution in [0.15, 0.2) is 46.0 Å². The van der Waals surface area contributed by atoms with Crippen molar-refractivity contribution in [1.29, 1.82) is 5.26 Å². The minimum atomic E-state index is -0.504. The Hall–Kier alpha value is -3.73. The molecule has 3 aromatic rings. The fourth-order valence-corrected chi connectivity index (χ4v) is 2.80. The van der Waals surface area contributed by atoms with Crippen LogP contribution >= 0.6 is 0 Å². The predicted molar refractivity (Wildman–Crippen MR) is 99.2 cm³/mol. The van der Waals surface area contributed by atoms with Gasteiger partial charge in [0.05, 0.1) is 17.0 Å². The van der Waals surface area contributed by atoms with Crippen LogP contribution in [0.25, 0.3) is 11.0 Å². The van der Waals surface area contributed by atoms with Crippen LogP contribution in [0.5, 0.6) is 0 Å². The van der Waals surface area contributed by atoms with Gasteiger partial charge in [0.1, 0.15) is 11.3 Å². The molecule has 0 unspecified atom stereocenters. The summed E-state index contributed by atoms with van der Waals surface area (Å²) >= 11 is 0. The monoisotopic (exact) mass is 363 g/mol. The molecule has 2 heterocycles. The molecule has 8 nitrogen and oxygen atoms in total. The number of carbonyl (C=O) groups excluding carboxylic acids is 1. The van der Waals surface area contributed by atoms with Gasteiger partial charge in [-0.15, -0.1) is 0 Å². The van der Waals surface area contributed by atoms with E-state index in [2.05, 4.69) is 4.98 Å². The van der Waals surface area contributed by atoms with Crippen LogP contribution in [-0.2, 0) is 20.6 Å². The zero-order valence-electron chi connectivity index (χ0n) is 15.1. The number of nitrogens with zero attached hydrogens (tertiary/aromatic N) is 5. The first kappa shape index (κ1) is 18.1. The van der Waals surface area contributed by atoms with E-state index in [0.717, 1.165) is 10.1 Å². The van der Waals surface area contributed by atoms with Crippen molar-refractivity contribution in [3.63, 3.8) is 0 Å². The summed E-state index contributed by atoms with van der Waals surface area (Å²) in [5.74, 6) is -0.339. The van der Waals surface area contributed by atoms with Crippen molar-refractivity contribution in [1.82, 2.24) is 19.0 Å². The molecule has 0 atom stereocenters. The number of nitriles is 1. The highest BCUT2D eigenvalue weighted by molar-refractivity contribution is 5.94. The lowest BCUT2D eigenvalue weighted by atomic mass is 10.1. The molecule has 0 radical (unpaired) electrons. The largest absolute Gasteiger partial charge is 0.336 e. The third-order valence-corrected chi connectivity index (χ3v) is 4.37. The first-order valence-electron chi connectivity index (χ1n) is 8.14. The molecule has 0 spiro atoms. The van der Waals surface area contributed by atoms with E-state index in [1.807, 2.05) is 6.07 Å². The predicted octanol–water partition coefficient (Wildman–Crippen LogP) is 0.776. The van der Waals surface area contributed by atoms with E-state index in [1.165, 1.54) is 35.7 Å². The summed E-state index contributed by atoms with van der Waals surface area (Å²) in [5.41, 5.74) is 0.766. The van der Waals surface area contributed by atoms with Crippen LogP contribution in [0.2, 0.25) is 0 Å². The number of hydrogen-bond acceptors (Lipinski definition) is 5. The number of benzene rings is 1. The fourth-order valence-electron chi connectivity index (χ4n) is 2.80. The molecule has 2 aromatic heterocycles. The van der Waals surface area contributed by atoms with Gasteiger partial charge < -0.3 is 4.90 Å². The number of carbonyl (C=O) groups is 1. The summed E-state index contributed by atoms with van der Waals surface area (Å²) in [6, 6.07) is 12.0. The van der Waals surface area contributed by atoms with Crippen LogP contribution in [-0.4, -0.2) is 32.0 Å². The van der Waals surface area contributed by atoms with Crippen molar-refractivity contribution in [2.24, 2.45) is 14.1 Å². The quantitative estimate of drug-likeness (QED) is 0.684. The SMILES string of the molecule is CN(Cc1ccc(C#N)cc1)C(=O)c1ccc2c(=O)n(C)c(=O)n(C)c2n1. The topological polar surface area (TPSA) is 101 Å². The minimum Gasteiger partial charge on any atom is -0.336 e. The van der Waals surface area contributed by atoms with Crippen LogP contribution in [0, 0.1) is 11.3 Å². The lowest BCUT2D eigenvalue weighted by Gasteiger charge is -2.17. The van der Waals surface area contributed by atoms with Crippen molar-refractivity contribution in [2.45, 2.75) is 6.54 Å². The highest BCUT2D eigenvalue weighted by Crippen LogP contribution is 2.11. The lowest BCUT2D eigenvalue weighted by Crippen LogP contribution is -2.37. The molecule has 0 saturated carbocycles. The van der Waals surface area contributed by atoms with E-state index in [-0.39, 0.29) is 22.6 Å². The van der Waals surface area contributed by atoms with Crippen molar-refractivity contribution < 1.29 is 4.79 Å². The summed E-state index contributed by atoms with van der Waals surface area (Å²) < 4.78 is 2.25. The number of pyridine rings is 1. The molecule has 0 fully saturated rings. The van der Waals surface area contributed by atoms with Crippen LogP contribution in [0.4, 0.5) is 0 Å². The van der Waals surface area contributed by atoms with Gasteiger partial charge in [0.15, 0.2) is 0 Å². The third kappa shape index (κ3) is 3.22. The second kappa shape index (κ2) is 6.88. The van der Waals surface area contributed by atoms with E-state index in [1.54, 1.807) is 31.3 Å². The van der Waals surface area contributed by atoms with Gasteiger partial charge >= 0.3 is 5.69 Å². The Bertz CT molecular complexity index is 1200. The maximum atomic E-state index is 12.7. The number of aryl methyl sites for hydroxylation is 1. The Balaban J connectivity index is 1.94. The average Bonchev–Trinajstić information content (AvgIpc) is 2.70. The maximum Gasteiger partial charge on any atom is 0.332 e. The van der Waals surface area contributed by atoms with Gasteiger partial charge in [0.25, 0.3) is 11.5 Å². The van der Waals surface area contributed by atoms with Gasteiger partial charge in [0, 0.05) is 27.7 Å². The second-order valence-electron chi connectivity index (χ2n) is 6.24. The highest BCUT2D eigenvalue weighted by Gasteiger charge is 2.17. The molecule has 0 bridgehead atoms. The normalized spacial score (nSPS) is 10.6. The number of amides is 1. The number of aromatic nitrogens is 3. The third-order valence-electron chi connectivity index (χ3n) is 4.37. The van der Waals surface area contributed by atoms with Gasteiger partial charge in [-0.25, -0.2) is 9.78 Å². The van der Waals surface area contributed by atoms with Gasteiger partial charge in [-0.3, -0.25) is 18.7 Å². The average molecular weight is 363 g/mol. The van der Waals surface area contributed by atoms with E-state index in [9.17, 15) is 14.4 Å². The summed E-state index contributed by atoms with van der Waals surface area (Å²) in [6.45, 7) is 0.333. The van der Waals surface area contributed by atoms with Gasteiger partial charge in [-0.05, 0) is 29.8 Å². The Labute approximate surface area is 154 Å². The first-order valence-corrected chi connectivity index (χ1v) is 8.14. The molecular weight excluding hydrogens is 346 g/mol. The lowest BCUT2D eigenvalue weighted by molar-refractivity contribution is 0.0779. The van der Waals surface area contributed by atoms with E-state index >= 15 is 0 Å². The maximum absolute atomic E-state index is 12.7. The highest BCUT2D eigenvalue weighted by atomic mass is 16.2. The van der Waals surface area contributed by atoms with Gasteiger partial charge in [-0.2, -0.15) is 5.26 Å². The van der Waals surface area contributed by atoms with Crippen LogP contribution < -0.4 is 11.2 Å². The van der Waals surface area contributed by atoms with Crippen LogP contribution in [0.1, 0.15) is 21.6 Å². The van der Waals surface area contributed by atoms with Crippen LogP contribution in [0.3, 0.4) is 0 Å². The van der Waals surface area contributed by atoms with E-state index in [0.29, 0.717) is 12.1 Å². The van der Waals surface area contributed by atoms with Crippen molar-refractivity contribution in [2.75, 3.05) is 7.05 Å². The number of fused-ring (bicyclic) bond motifs is 1. The summed E-state index contributed by atoms with van der Waals surface area (Å²) in [5, 5.41) is 9.11. The number of hydrogen-bond donors (Lipinski definition) is 0. The number of rotatable bonds is 3. The molecule has 27 heavy (non-hydrogen) atoms. The zero-order valence-corrected chi connectivity index (χ0v) is 15.1. The second-order valence-corrected chi connectivity index (χ2v) is 6.24. The Kier molecular flexibility index (Phi) is 4.60. The molecule has 1 aromatic carbocycles. The van der Waals surface area contributed by atoms with Gasteiger partial charge in [-0.1, -0.05) is 12.1 Å². The molecular formula is C19H17N5O3. The molecule has 0 N–H and O–H groups in total. The van der Waals surface area contributed by atoms with Crippen molar-refractivity contribution in [3.8, 4) is 6.07 Å². The molecule has 0 aliphatic rings. The van der Waals surface area contributed by atoms with E-state index in [4.69, 9.17) is 5.26 Å². The summed E-state index contributed by atoms with van der Waals surface area (Å²) in [4.78, 5) is 42.7. The van der Waals surface area contributed by atoms with E-state index < -0.39 is 11.2 Å². The Morgan fingerprint density at radius 3 is 2.41 bits per heavy atom. The smallest absolute Gasteiger partial charge is 0.332 e. The van der Waals surface area contributed by atoms with Gasteiger partial charge in [0.2, 0.25) is 0 Å². The molecule has 8 heteroatoms. The molecule has 3 rings (SSSR count). The molecule has 1 amide bonds. The molecule has 136 valence electrons. The Morgan fingerprint density at radius 2 is 1.78 bits per heavy atom. The molecule has 0 aliphatic carbocycles. The Morgan fingerprint density at radius 1 is 1.11 bits per heavy atom. The minimum absolute atomic E-state index is 0.141. The zero-order chi connectivity index (χ0) is 19.7. The summed E-state index contributed by atoms with van der Waals surface area (Å²) in [7, 11) is 4.54. The molecule has 0 aliphatic heterocycles. The fraction of sp³-hybridized carbons (Fsp3) is 0.211. The first-order chi connectivity index (χ1) is 12.8. The standard InChI is InChI=1S/C19H17N5O3/c1-22(11-13-6-4-12(10-20)5-7-13)18(26)15-9-8-14-16(21-15)23(2)19(27)24(3)17(14)25/h4-9H,11H2,1-3H3. The van der Waals surface area contributed by atoms with Crippen molar-refractivity contribution in [3.05, 3.63) is 74.1 Å². The summed E-state index contributed by atoms with van der Waals surface area (Å²) in [6.07, 6.45) is 0.